The van der Waals surface area contributed by atoms with E-state index in [2.05, 4.69) is 15.8 Å². The average molecular weight is 333 g/mol. The van der Waals surface area contributed by atoms with Crippen molar-refractivity contribution in [1.82, 2.24) is 10.7 Å². The number of rotatable bonds is 5. The maximum absolute atomic E-state index is 5.37. The van der Waals surface area contributed by atoms with Crippen molar-refractivity contribution in [2.24, 2.45) is 16.9 Å². The lowest BCUT2D eigenvalue weighted by atomic mass is 9.96. The normalized spacial score (nSPS) is 25.6. The van der Waals surface area contributed by atoms with Crippen LogP contribution in [0.1, 0.15) is 31.2 Å². The number of fused-ring (bicyclic) bond motifs is 2. The summed E-state index contributed by atoms with van der Waals surface area (Å²) in [7, 11) is 3.23. The second kappa shape index (κ2) is 7.17. The summed E-state index contributed by atoms with van der Waals surface area (Å²) < 4.78 is 10.6. The van der Waals surface area contributed by atoms with E-state index < -0.39 is 0 Å². The fourth-order valence-corrected chi connectivity index (χ4v) is 4.00. The van der Waals surface area contributed by atoms with Gasteiger partial charge in [-0.3, -0.25) is 5.43 Å². The van der Waals surface area contributed by atoms with Crippen LogP contribution < -0.4 is 20.2 Å². The Morgan fingerprint density at radius 1 is 1.26 bits per heavy atom. The molecule has 3 rings (SSSR count). The van der Waals surface area contributed by atoms with Gasteiger partial charge in [0.05, 0.1) is 20.4 Å². The van der Waals surface area contributed by atoms with Crippen molar-refractivity contribution in [2.45, 2.75) is 31.7 Å². The van der Waals surface area contributed by atoms with E-state index in [0.717, 1.165) is 17.4 Å². The van der Waals surface area contributed by atoms with Gasteiger partial charge in [0.2, 0.25) is 0 Å². The van der Waals surface area contributed by atoms with Crippen molar-refractivity contribution in [2.75, 3.05) is 14.2 Å². The van der Waals surface area contributed by atoms with Crippen LogP contribution in [0.4, 0.5) is 0 Å². The summed E-state index contributed by atoms with van der Waals surface area (Å²) >= 11 is 5.34. The number of nitrogens with zero attached hydrogens (tertiary/aromatic N) is 1. The van der Waals surface area contributed by atoms with Gasteiger partial charge in [0.1, 0.15) is 0 Å². The Morgan fingerprint density at radius 2 is 2.13 bits per heavy atom. The molecule has 0 heterocycles. The van der Waals surface area contributed by atoms with Crippen molar-refractivity contribution in [3.05, 3.63) is 23.8 Å². The predicted octanol–water partition coefficient (Wildman–Crippen LogP) is 2.69. The highest BCUT2D eigenvalue weighted by molar-refractivity contribution is 7.80. The molecule has 2 bridgehead atoms. The molecule has 0 radical (unpaired) electrons. The third-order valence-electron chi connectivity index (χ3n) is 4.86. The summed E-state index contributed by atoms with van der Waals surface area (Å²) in [6.07, 6.45) is 6.99. The van der Waals surface area contributed by atoms with E-state index in [1.165, 1.54) is 25.7 Å². The molecule has 0 spiro atoms. The van der Waals surface area contributed by atoms with Gasteiger partial charge in [-0.15, -0.1) is 0 Å². The van der Waals surface area contributed by atoms with Crippen LogP contribution in [0, 0.1) is 11.8 Å². The highest BCUT2D eigenvalue weighted by Gasteiger charge is 2.39. The fourth-order valence-electron chi connectivity index (χ4n) is 3.80. The first kappa shape index (κ1) is 16.1. The Hall–Kier alpha value is -1.82. The highest BCUT2D eigenvalue weighted by atomic mass is 32.1. The molecule has 1 aromatic rings. The van der Waals surface area contributed by atoms with Crippen molar-refractivity contribution >= 4 is 23.5 Å². The maximum atomic E-state index is 5.37. The van der Waals surface area contributed by atoms with Crippen LogP contribution in [0.25, 0.3) is 0 Å². The first-order valence-electron chi connectivity index (χ1n) is 8.01. The number of nitrogens with one attached hydrogen (secondary N) is 2. The van der Waals surface area contributed by atoms with Crippen LogP contribution in [0.2, 0.25) is 0 Å². The van der Waals surface area contributed by atoms with Crippen molar-refractivity contribution in [1.29, 1.82) is 0 Å². The summed E-state index contributed by atoms with van der Waals surface area (Å²) in [5, 5.41) is 8.20. The smallest absolute Gasteiger partial charge is 0.187 e. The molecular weight excluding hydrogens is 310 g/mol. The Bertz CT molecular complexity index is 606. The molecule has 2 saturated carbocycles. The summed E-state index contributed by atoms with van der Waals surface area (Å²) in [6, 6.07) is 6.17. The molecule has 2 fully saturated rings. The number of thiocarbonyl (C=S) groups is 1. The molecule has 0 unspecified atom stereocenters. The number of hydrogen-bond donors (Lipinski definition) is 2. The van der Waals surface area contributed by atoms with Gasteiger partial charge in [0.15, 0.2) is 16.6 Å². The molecule has 124 valence electrons. The van der Waals surface area contributed by atoms with Crippen LogP contribution in [-0.4, -0.2) is 31.6 Å². The second-order valence-electron chi connectivity index (χ2n) is 6.21. The van der Waals surface area contributed by atoms with Gasteiger partial charge in [0.25, 0.3) is 0 Å². The molecule has 3 atom stereocenters. The molecule has 2 aliphatic rings. The van der Waals surface area contributed by atoms with Crippen molar-refractivity contribution in [3.8, 4) is 11.5 Å². The summed E-state index contributed by atoms with van der Waals surface area (Å²) in [4.78, 5) is 0. The van der Waals surface area contributed by atoms with E-state index >= 15 is 0 Å². The quantitative estimate of drug-likeness (QED) is 0.493. The zero-order valence-electron chi connectivity index (χ0n) is 13.5. The lowest BCUT2D eigenvalue weighted by Gasteiger charge is -2.23. The van der Waals surface area contributed by atoms with Crippen LogP contribution >= 0.6 is 12.2 Å². The first-order chi connectivity index (χ1) is 11.2. The van der Waals surface area contributed by atoms with E-state index in [4.69, 9.17) is 21.7 Å². The van der Waals surface area contributed by atoms with Gasteiger partial charge in [-0.05, 0) is 55.4 Å². The van der Waals surface area contributed by atoms with Crippen LogP contribution in [0.3, 0.4) is 0 Å². The highest BCUT2D eigenvalue weighted by Crippen LogP contribution is 2.44. The van der Waals surface area contributed by atoms with Crippen LogP contribution in [0.5, 0.6) is 11.5 Å². The van der Waals surface area contributed by atoms with Crippen molar-refractivity contribution < 1.29 is 9.47 Å². The van der Waals surface area contributed by atoms with Gasteiger partial charge >= 0.3 is 0 Å². The molecule has 0 amide bonds. The molecule has 1 aromatic carbocycles. The molecule has 23 heavy (non-hydrogen) atoms. The lowest BCUT2D eigenvalue weighted by molar-refractivity contribution is 0.354. The molecule has 0 aliphatic heterocycles. The summed E-state index contributed by atoms with van der Waals surface area (Å²) in [6.45, 7) is 0. The number of para-hydroxylation sites is 1. The molecule has 6 heteroatoms. The summed E-state index contributed by atoms with van der Waals surface area (Å²) in [5.74, 6) is 3.01. The van der Waals surface area contributed by atoms with Crippen molar-refractivity contribution in [3.63, 3.8) is 0 Å². The Morgan fingerprint density at radius 3 is 2.78 bits per heavy atom. The van der Waals surface area contributed by atoms with Gasteiger partial charge < -0.3 is 14.8 Å². The third kappa shape index (κ3) is 3.58. The number of hydrogen-bond acceptors (Lipinski definition) is 4. The maximum Gasteiger partial charge on any atom is 0.187 e. The van der Waals surface area contributed by atoms with E-state index in [0.29, 0.717) is 22.7 Å². The Balaban J connectivity index is 1.55. The van der Waals surface area contributed by atoms with E-state index in [9.17, 15) is 0 Å². The number of hydrazone groups is 1. The zero-order valence-corrected chi connectivity index (χ0v) is 14.4. The lowest BCUT2D eigenvalue weighted by Crippen LogP contribution is -2.42. The standard InChI is InChI=1S/C17H23N3O2S/c1-21-15-5-3-4-13(16(15)22-2)10-18-20-17(23)19-14-9-11-6-7-12(14)8-11/h3-5,10-12,14H,6-9H2,1-2H3,(H2,19,20,23)/b18-10-/t11-,12-,14+/m1/s1. The summed E-state index contributed by atoms with van der Waals surface area (Å²) in [5.41, 5.74) is 3.73. The van der Waals surface area contributed by atoms with Gasteiger partial charge in [-0.2, -0.15) is 5.10 Å². The topological polar surface area (TPSA) is 54.9 Å². The molecule has 2 aliphatic carbocycles. The van der Waals surface area contributed by atoms with Gasteiger partial charge in [-0.1, -0.05) is 12.5 Å². The zero-order chi connectivity index (χ0) is 16.2. The third-order valence-corrected chi connectivity index (χ3v) is 5.07. The molecule has 2 N–H and O–H groups in total. The average Bonchev–Trinajstić information content (AvgIpc) is 3.17. The second-order valence-corrected chi connectivity index (χ2v) is 6.62. The largest absolute Gasteiger partial charge is 0.493 e. The van der Waals surface area contributed by atoms with E-state index in [1.807, 2.05) is 18.2 Å². The van der Waals surface area contributed by atoms with Crippen LogP contribution in [-0.2, 0) is 0 Å². The minimum atomic E-state index is 0.510. The SMILES string of the molecule is COc1cccc(/C=N\NC(=S)N[C@H]2C[C@@H]3CC[C@@H]2C3)c1OC. The monoisotopic (exact) mass is 333 g/mol. The minimum absolute atomic E-state index is 0.510. The van der Waals surface area contributed by atoms with Gasteiger partial charge in [0, 0.05) is 11.6 Å². The molecular formula is C17H23N3O2S. The van der Waals surface area contributed by atoms with Crippen LogP contribution in [0.15, 0.2) is 23.3 Å². The first-order valence-corrected chi connectivity index (χ1v) is 8.42. The fraction of sp³-hybridized carbons (Fsp3) is 0.529. The molecule has 0 saturated heterocycles. The molecule has 0 aromatic heterocycles. The number of benzene rings is 1. The minimum Gasteiger partial charge on any atom is -0.493 e. The Labute approximate surface area is 142 Å². The Kier molecular flexibility index (Phi) is 5.00. The predicted molar refractivity (Wildman–Crippen MR) is 95.2 cm³/mol. The molecule has 5 nitrogen and oxygen atoms in total. The van der Waals surface area contributed by atoms with E-state index in [-0.39, 0.29) is 0 Å². The van der Waals surface area contributed by atoms with Gasteiger partial charge in [-0.25, -0.2) is 0 Å². The number of methoxy groups -OCH3 is 2. The van der Waals surface area contributed by atoms with E-state index in [1.54, 1.807) is 20.4 Å². The number of ether oxygens (including phenoxy) is 2.